The van der Waals surface area contributed by atoms with Gasteiger partial charge < -0.3 is 5.11 Å². The van der Waals surface area contributed by atoms with Gasteiger partial charge in [0.1, 0.15) is 5.70 Å². The van der Waals surface area contributed by atoms with Gasteiger partial charge in [-0.15, -0.1) is 0 Å². The molecule has 0 fully saturated rings. The van der Waals surface area contributed by atoms with Gasteiger partial charge in [-0.1, -0.05) is 11.8 Å². The van der Waals surface area contributed by atoms with Gasteiger partial charge in [0.2, 0.25) is 0 Å². The van der Waals surface area contributed by atoms with Crippen molar-refractivity contribution in [3.05, 3.63) is 21.7 Å². The van der Waals surface area contributed by atoms with Gasteiger partial charge in [0.05, 0.1) is 8.86 Å². The summed E-state index contributed by atoms with van der Waals surface area (Å²) in [6, 6.07) is 0. The number of rotatable bonds is 1. The number of halogens is 1. The highest BCUT2D eigenvalue weighted by molar-refractivity contribution is 9.14. The van der Waals surface area contributed by atoms with Crippen molar-refractivity contribution in [2.24, 2.45) is 10.9 Å². The molecule has 62 valence electrons. The van der Waals surface area contributed by atoms with Gasteiger partial charge in [-0.2, -0.15) is 0 Å². The van der Waals surface area contributed by atoms with Crippen molar-refractivity contribution in [2.75, 3.05) is 0 Å². The van der Waals surface area contributed by atoms with Gasteiger partial charge in [-0.3, -0.25) is 0 Å². The number of aliphatic carboxylic acids is 1. The molecule has 0 bridgehead atoms. The van der Waals surface area contributed by atoms with Crippen LogP contribution in [0.2, 0.25) is 0 Å². The molecule has 2 rings (SSSR count). The average molecular weight is 246 g/mol. The quantitative estimate of drug-likeness (QED) is 0.769. The van der Waals surface area contributed by atoms with E-state index >= 15 is 0 Å². The van der Waals surface area contributed by atoms with Gasteiger partial charge in [-0.05, 0) is 28.1 Å². The summed E-state index contributed by atoms with van der Waals surface area (Å²) in [5.74, 6) is -0.877. The summed E-state index contributed by atoms with van der Waals surface area (Å²) in [6.07, 6.45) is 3.60. The lowest BCUT2D eigenvalue weighted by Gasteiger charge is -1.91. The van der Waals surface area contributed by atoms with E-state index in [9.17, 15) is 4.79 Å². The number of hydrogen-bond acceptors (Lipinski definition) is 3. The van der Waals surface area contributed by atoms with Gasteiger partial charge >= 0.3 is 5.97 Å². The zero-order chi connectivity index (χ0) is 8.72. The van der Waals surface area contributed by atoms with Crippen LogP contribution >= 0.6 is 27.7 Å². The maximum atomic E-state index is 10.5. The zero-order valence-electron chi connectivity index (χ0n) is 5.82. The Balaban J connectivity index is 2.30. The van der Waals surface area contributed by atoms with Crippen molar-refractivity contribution in [1.82, 2.24) is 0 Å². The van der Waals surface area contributed by atoms with Crippen molar-refractivity contribution >= 4 is 38.7 Å². The van der Waals surface area contributed by atoms with Crippen LogP contribution in [0, 0.1) is 5.92 Å². The fourth-order valence-corrected chi connectivity index (χ4v) is 2.69. The van der Waals surface area contributed by atoms with E-state index in [1.54, 1.807) is 6.08 Å². The molecule has 0 aliphatic carbocycles. The van der Waals surface area contributed by atoms with E-state index in [4.69, 9.17) is 5.11 Å². The highest BCUT2D eigenvalue weighted by atomic mass is 79.9. The molecule has 2 aliphatic heterocycles. The van der Waals surface area contributed by atoms with Crippen molar-refractivity contribution in [1.29, 1.82) is 0 Å². The van der Waals surface area contributed by atoms with Crippen LogP contribution in [0.15, 0.2) is 26.7 Å². The van der Waals surface area contributed by atoms with E-state index in [1.807, 2.05) is 6.08 Å². The normalized spacial score (nSPS) is 26.1. The van der Waals surface area contributed by atoms with E-state index < -0.39 is 5.97 Å². The van der Waals surface area contributed by atoms with Crippen LogP contribution in [0.3, 0.4) is 0 Å². The van der Waals surface area contributed by atoms with Crippen LogP contribution in [0.1, 0.15) is 0 Å². The van der Waals surface area contributed by atoms with Gasteiger partial charge in [-0.25, -0.2) is 9.79 Å². The predicted molar refractivity (Wildman–Crippen MR) is 51.2 cm³/mol. The van der Waals surface area contributed by atoms with Crippen LogP contribution in [0.5, 0.6) is 0 Å². The Morgan fingerprint density at radius 1 is 1.67 bits per heavy atom. The second kappa shape index (κ2) is 2.74. The first-order valence-electron chi connectivity index (χ1n) is 3.25. The minimum Gasteiger partial charge on any atom is -0.477 e. The topological polar surface area (TPSA) is 49.7 Å². The number of fused-ring (bicyclic) bond motifs is 1. The number of carboxylic acids is 1. The number of thioether (sulfide) groups is 1. The minimum absolute atomic E-state index is 0.0791. The van der Waals surface area contributed by atoms with Crippen LogP contribution in [0.4, 0.5) is 0 Å². The fourth-order valence-electron chi connectivity index (χ4n) is 1.08. The Labute approximate surface area is 81.4 Å². The third-order valence-electron chi connectivity index (χ3n) is 1.59. The number of aliphatic imine (C=N–C) groups is 1. The molecular formula is C7H4BrNO2S. The number of carbonyl (C=O) groups is 1. The van der Waals surface area contributed by atoms with Gasteiger partial charge in [0.25, 0.3) is 0 Å². The van der Waals surface area contributed by atoms with E-state index in [-0.39, 0.29) is 11.6 Å². The summed E-state index contributed by atoms with van der Waals surface area (Å²) in [5.41, 5.74) is 0.152. The van der Waals surface area contributed by atoms with Crippen LogP contribution in [-0.2, 0) is 4.79 Å². The molecule has 0 amide bonds. The summed E-state index contributed by atoms with van der Waals surface area (Å²) < 4.78 is 1.01. The number of allylic oxidation sites excluding steroid dienone is 2. The van der Waals surface area contributed by atoms with Crippen molar-refractivity contribution < 1.29 is 9.90 Å². The Morgan fingerprint density at radius 3 is 3.00 bits per heavy atom. The van der Waals surface area contributed by atoms with E-state index in [2.05, 4.69) is 20.9 Å². The fraction of sp³-hybridized carbons (Fsp3) is 0.143. The first-order valence-corrected chi connectivity index (χ1v) is 4.86. The third-order valence-corrected chi connectivity index (χ3v) is 3.24. The second-order valence-electron chi connectivity index (χ2n) is 2.41. The summed E-state index contributed by atoms with van der Waals surface area (Å²) >= 11 is 4.79. The average Bonchev–Trinajstić information content (AvgIpc) is 2.42. The Morgan fingerprint density at radius 2 is 2.42 bits per heavy atom. The summed E-state index contributed by atoms with van der Waals surface area (Å²) in [4.78, 5) is 14.5. The van der Waals surface area contributed by atoms with Gasteiger partial charge in [0, 0.05) is 5.92 Å². The molecule has 0 aromatic heterocycles. The number of hydrogen-bond donors (Lipinski definition) is 1. The SMILES string of the molecule is O=C(O)C1=CC2C=C(Br)SC2=N1. The maximum absolute atomic E-state index is 10.5. The van der Waals surface area contributed by atoms with Crippen molar-refractivity contribution in [3.8, 4) is 0 Å². The second-order valence-corrected chi connectivity index (χ2v) is 4.85. The molecule has 0 spiro atoms. The lowest BCUT2D eigenvalue weighted by Crippen LogP contribution is -1.95. The lowest BCUT2D eigenvalue weighted by atomic mass is 10.2. The monoisotopic (exact) mass is 245 g/mol. The van der Waals surface area contributed by atoms with E-state index in [0.717, 1.165) is 8.86 Å². The molecule has 3 nitrogen and oxygen atoms in total. The molecule has 2 aliphatic rings. The van der Waals surface area contributed by atoms with Crippen LogP contribution in [-0.4, -0.2) is 16.1 Å². The van der Waals surface area contributed by atoms with Crippen LogP contribution in [0.25, 0.3) is 0 Å². The highest BCUT2D eigenvalue weighted by Crippen LogP contribution is 2.40. The molecule has 12 heavy (non-hydrogen) atoms. The molecule has 1 atom stereocenters. The zero-order valence-corrected chi connectivity index (χ0v) is 8.22. The third kappa shape index (κ3) is 1.23. The van der Waals surface area contributed by atoms with E-state index in [1.165, 1.54) is 11.8 Å². The molecule has 0 radical (unpaired) electrons. The van der Waals surface area contributed by atoms with Gasteiger partial charge in [0.15, 0.2) is 0 Å². The Kier molecular flexibility index (Phi) is 1.84. The molecule has 2 heterocycles. The molecule has 0 aromatic carbocycles. The summed E-state index contributed by atoms with van der Waals surface area (Å²) in [5, 5.41) is 9.46. The first kappa shape index (κ1) is 8.07. The standard InChI is InChI=1S/C7H4BrNO2S/c8-5-2-3-1-4(7(10)11)9-6(3)12-5/h1-3H,(H,10,11). The molecule has 0 saturated carbocycles. The van der Waals surface area contributed by atoms with Crippen molar-refractivity contribution in [3.63, 3.8) is 0 Å². The molecule has 0 saturated heterocycles. The molecular weight excluding hydrogens is 242 g/mol. The Bertz CT molecular complexity index is 345. The minimum atomic E-state index is -0.956. The lowest BCUT2D eigenvalue weighted by molar-refractivity contribution is -0.132. The van der Waals surface area contributed by atoms with Crippen LogP contribution < -0.4 is 0 Å². The molecule has 0 aromatic rings. The van der Waals surface area contributed by atoms with E-state index in [0.29, 0.717) is 0 Å². The maximum Gasteiger partial charge on any atom is 0.354 e. The summed E-state index contributed by atoms with van der Waals surface area (Å²) in [7, 11) is 0. The smallest absolute Gasteiger partial charge is 0.354 e. The summed E-state index contributed by atoms with van der Waals surface area (Å²) in [6.45, 7) is 0. The highest BCUT2D eigenvalue weighted by Gasteiger charge is 2.28. The molecule has 5 heteroatoms. The first-order chi connectivity index (χ1) is 5.66. The number of nitrogens with zero attached hydrogens (tertiary/aromatic N) is 1. The molecule has 1 N–H and O–H groups in total. The number of carboxylic acid groups (broad SMARTS) is 1. The largest absolute Gasteiger partial charge is 0.477 e. The van der Waals surface area contributed by atoms with Crippen molar-refractivity contribution in [2.45, 2.75) is 0 Å². The molecule has 1 unspecified atom stereocenters. The Hall–Kier alpha value is -0.550. The predicted octanol–water partition coefficient (Wildman–Crippen LogP) is 1.97.